The lowest BCUT2D eigenvalue weighted by atomic mass is 10.0. The minimum atomic E-state index is 0.832. The summed E-state index contributed by atoms with van der Waals surface area (Å²) in [4.78, 5) is 8.36. The molecule has 0 unspecified atom stereocenters. The summed E-state index contributed by atoms with van der Waals surface area (Å²) in [7, 11) is 0. The Hall–Kier alpha value is -1.22. The maximum Gasteiger partial charge on any atom is 0.125 e. The Bertz CT molecular complexity index is 313. The number of rotatable bonds is 1. The first kappa shape index (κ1) is 8.38. The first-order valence-corrected chi connectivity index (χ1v) is 4.55. The molecule has 1 aliphatic heterocycles. The van der Waals surface area contributed by atoms with Crippen LogP contribution in [0.25, 0.3) is 5.57 Å². The molecule has 0 atom stereocenters. The fourth-order valence-electron chi connectivity index (χ4n) is 1.44. The van der Waals surface area contributed by atoms with Crippen LogP contribution in [0.15, 0.2) is 18.5 Å². The lowest BCUT2D eigenvalue weighted by molar-refractivity contribution is 0.738. The molecule has 1 aromatic heterocycles. The smallest absolute Gasteiger partial charge is 0.125 e. The monoisotopic (exact) mass is 175 g/mol. The molecule has 0 aliphatic carbocycles. The van der Waals surface area contributed by atoms with Crippen molar-refractivity contribution < 1.29 is 0 Å². The van der Waals surface area contributed by atoms with Gasteiger partial charge in [0.25, 0.3) is 0 Å². The van der Waals surface area contributed by atoms with E-state index in [1.54, 1.807) is 0 Å². The van der Waals surface area contributed by atoms with E-state index in [0.29, 0.717) is 0 Å². The molecule has 1 aromatic rings. The SMILES string of the molecule is Cc1ncc(C2=CCNCC2)cn1. The van der Waals surface area contributed by atoms with Crippen LogP contribution in [0.4, 0.5) is 0 Å². The zero-order valence-corrected chi connectivity index (χ0v) is 7.75. The third-order valence-corrected chi connectivity index (χ3v) is 2.22. The molecular weight excluding hydrogens is 162 g/mol. The molecule has 0 aromatic carbocycles. The van der Waals surface area contributed by atoms with Gasteiger partial charge in [-0.1, -0.05) is 6.08 Å². The lowest BCUT2D eigenvalue weighted by Crippen LogP contribution is -2.20. The van der Waals surface area contributed by atoms with Gasteiger partial charge in [-0.2, -0.15) is 0 Å². The summed E-state index contributed by atoms with van der Waals surface area (Å²) in [6.07, 6.45) is 7.09. The molecule has 68 valence electrons. The first-order valence-electron chi connectivity index (χ1n) is 4.55. The third-order valence-electron chi connectivity index (χ3n) is 2.22. The molecule has 2 rings (SSSR count). The van der Waals surface area contributed by atoms with Crippen molar-refractivity contribution in [3.8, 4) is 0 Å². The minimum absolute atomic E-state index is 0.832. The summed E-state index contributed by atoms with van der Waals surface area (Å²) in [5.74, 6) is 0.832. The summed E-state index contributed by atoms with van der Waals surface area (Å²) >= 11 is 0. The topological polar surface area (TPSA) is 37.8 Å². The number of hydrogen-bond acceptors (Lipinski definition) is 3. The maximum absolute atomic E-state index is 4.18. The van der Waals surface area contributed by atoms with Crippen molar-refractivity contribution in [2.24, 2.45) is 0 Å². The third kappa shape index (κ3) is 1.92. The minimum Gasteiger partial charge on any atom is -0.313 e. The Labute approximate surface area is 77.9 Å². The molecule has 0 amide bonds. The second-order valence-corrected chi connectivity index (χ2v) is 3.20. The molecule has 3 nitrogen and oxygen atoms in total. The van der Waals surface area contributed by atoms with Crippen molar-refractivity contribution in [3.05, 3.63) is 29.9 Å². The van der Waals surface area contributed by atoms with E-state index in [2.05, 4.69) is 21.4 Å². The summed E-state index contributed by atoms with van der Waals surface area (Å²) in [5.41, 5.74) is 2.52. The van der Waals surface area contributed by atoms with Crippen molar-refractivity contribution >= 4 is 5.57 Å². The number of hydrogen-bond donors (Lipinski definition) is 1. The molecule has 1 N–H and O–H groups in total. The summed E-state index contributed by atoms with van der Waals surface area (Å²) in [5, 5.41) is 3.28. The Balaban J connectivity index is 2.24. The van der Waals surface area contributed by atoms with Gasteiger partial charge in [-0.3, -0.25) is 0 Å². The summed E-state index contributed by atoms with van der Waals surface area (Å²) < 4.78 is 0. The van der Waals surface area contributed by atoms with E-state index in [1.165, 1.54) is 5.57 Å². The Morgan fingerprint density at radius 3 is 2.69 bits per heavy atom. The highest BCUT2D eigenvalue weighted by Gasteiger charge is 2.05. The summed E-state index contributed by atoms with van der Waals surface area (Å²) in [6, 6.07) is 0. The van der Waals surface area contributed by atoms with Crippen LogP contribution >= 0.6 is 0 Å². The van der Waals surface area contributed by atoms with Gasteiger partial charge in [0.1, 0.15) is 5.82 Å². The van der Waals surface area contributed by atoms with Crippen LogP contribution in [0.3, 0.4) is 0 Å². The zero-order chi connectivity index (χ0) is 9.10. The van der Waals surface area contributed by atoms with E-state index in [9.17, 15) is 0 Å². The van der Waals surface area contributed by atoms with Crippen molar-refractivity contribution in [2.45, 2.75) is 13.3 Å². The second kappa shape index (κ2) is 3.66. The highest BCUT2D eigenvalue weighted by molar-refractivity contribution is 5.65. The first-order chi connectivity index (χ1) is 6.36. The Morgan fingerprint density at radius 2 is 2.08 bits per heavy atom. The maximum atomic E-state index is 4.18. The fraction of sp³-hybridized carbons (Fsp3) is 0.400. The van der Waals surface area contributed by atoms with Crippen LogP contribution in [-0.2, 0) is 0 Å². The largest absolute Gasteiger partial charge is 0.313 e. The molecule has 3 heteroatoms. The lowest BCUT2D eigenvalue weighted by Gasteiger charge is -2.13. The van der Waals surface area contributed by atoms with E-state index in [4.69, 9.17) is 0 Å². The van der Waals surface area contributed by atoms with Gasteiger partial charge < -0.3 is 5.32 Å². The highest BCUT2D eigenvalue weighted by atomic mass is 14.9. The molecule has 2 heterocycles. The van der Waals surface area contributed by atoms with Gasteiger partial charge in [0.2, 0.25) is 0 Å². The molecule has 1 aliphatic rings. The normalized spacial score (nSPS) is 16.8. The van der Waals surface area contributed by atoms with Crippen LogP contribution in [0.2, 0.25) is 0 Å². The average Bonchev–Trinajstić information content (AvgIpc) is 2.20. The van der Waals surface area contributed by atoms with E-state index < -0.39 is 0 Å². The molecule has 0 radical (unpaired) electrons. The van der Waals surface area contributed by atoms with Gasteiger partial charge >= 0.3 is 0 Å². The second-order valence-electron chi connectivity index (χ2n) is 3.20. The highest BCUT2D eigenvalue weighted by Crippen LogP contribution is 2.17. The van der Waals surface area contributed by atoms with Crippen LogP contribution in [-0.4, -0.2) is 23.1 Å². The predicted molar refractivity (Wildman–Crippen MR) is 52.2 cm³/mol. The molecule has 0 spiro atoms. The number of nitrogens with zero attached hydrogens (tertiary/aromatic N) is 2. The molecule has 0 saturated heterocycles. The van der Waals surface area contributed by atoms with Gasteiger partial charge in [0.05, 0.1) is 0 Å². The van der Waals surface area contributed by atoms with Gasteiger partial charge in [-0.05, 0) is 25.5 Å². The van der Waals surface area contributed by atoms with Crippen molar-refractivity contribution in [2.75, 3.05) is 13.1 Å². The van der Waals surface area contributed by atoms with Crippen LogP contribution in [0.1, 0.15) is 17.8 Å². The molecule has 0 fully saturated rings. The van der Waals surface area contributed by atoms with Crippen molar-refractivity contribution in [1.82, 2.24) is 15.3 Å². The number of aromatic nitrogens is 2. The van der Waals surface area contributed by atoms with E-state index in [1.807, 2.05) is 19.3 Å². The van der Waals surface area contributed by atoms with E-state index in [-0.39, 0.29) is 0 Å². The Morgan fingerprint density at radius 1 is 1.31 bits per heavy atom. The van der Waals surface area contributed by atoms with Crippen LogP contribution in [0, 0.1) is 6.92 Å². The zero-order valence-electron chi connectivity index (χ0n) is 7.75. The van der Waals surface area contributed by atoms with Gasteiger partial charge in [0.15, 0.2) is 0 Å². The predicted octanol–water partition coefficient (Wildman–Crippen LogP) is 1.16. The van der Waals surface area contributed by atoms with Gasteiger partial charge in [-0.15, -0.1) is 0 Å². The van der Waals surface area contributed by atoms with Gasteiger partial charge in [-0.25, -0.2) is 9.97 Å². The fourth-order valence-corrected chi connectivity index (χ4v) is 1.44. The quantitative estimate of drug-likeness (QED) is 0.696. The molecule has 0 bridgehead atoms. The van der Waals surface area contributed by atoms with Crippen molar-refractivity contribution in [3.63, 3.8) is 0 Å². The Kier molecular flexibility index (Phi) is 2.36. The van der Waals surface area contributed by atoms with Crippen LogP contribution < -0.4 is 5.32 Å². The number of nitrogens with one attached hydrogen (secondary N) is 1. The molecular formula is C10H13N3. The standard InChI is InChI=1S/C10H13N3/c1-8-12-6-10(7-13-8)9-2-4-11-5-3-9/h2,6-7,11H,3-5H2,1H3. The van der Waals surface area contributed by atoms with E-state index in [0.717, 1.165) is 30.9 Å². The molecule has 13 heavy (non-hydrogen) atoms. The van der Waals surface area contributed by atoms with Crippen LogP contribution in [0.5, 0.6) is 0 Å². The van der Waals surface area contributed by atoms with Gasteiger partial charge in [0, 0.05) is 24.5 Å². The molecule has 0 saturated carbocycles. The number of aryl methyl sites for hydroxylation is 1. The van der Waals surface area contributed by atoms with E-state index >= 15 is 0 Å². The summed E-state index contributed by atoms with van der Waals surface area (Å²) in [6.45, 7) is 3.92. The average molecular weight is 175 g/mol. The van der Waals surface area contributed by atoms with Crippen molar-refractivity contribution in [1.29, 1.82) is 0 Å².